The first kappa shape index (κ1) is 18.0. The number of nitrogens with zero attached hydrogens (tertiary/aromatic N) is 7. The van der Waals surface area contributed by atoms with Crippen LogP contribution < -0.4 is 4.74 Å². The zero-order valence-electron chi connectivity index (χ0n) is 16.6. The van der Waals surface area contributed by atoms with Crippen molar-refractivity contribution in [1.29, 1.82) is 0 Å². The van der Waals surface area contributed by atoms with Crippen LogP contribution in [0.5, 0.6) is 5.75 Å². The number of methoxy groups -OCH3 is 1. The molecule has 8 heteroatoms. The smallest absolute Gasteiger partial charge is 0.252 e. The predicted molar refractivity (Wildman–Crippen MR) is 112 cm³/mol. The van der Waals surface area contributed by atoms with Gasteiger partial charge in [-0.15, -0.1) is 5.10 Å². The van der Waals surface area contributed by atoms with Crippen molar-refractivity contribution < 1.29 is 4.74 Å². The number of benzene rings is 1. The number of rotatable bonds is 5. The van der Waals surface area contributed by atoms with E-state index in [-0.39, 0.29) is 0 Å². The Hall–Kier alpha value is -4.07. The van der Waals surface area contributed by atoms with Crippen molar-refractivity contribution in [2.75, 3.05) is 7.11 Å². The summed E-state index contributed by atoms with van der Waals surface area (Å²) in [5.74, 6) is 2.03. The van der Waals surface area contributed by atoms with Crippen molar-refractivity contribution in [2.45, 2.75) is 13.3 Å². The minimum atomic E-state index is 0.566. The van der Waals surface area contributed by atoms with Crippen molar-refractivity contribution >= 4 is 5.78 Å². The Balaban J connectivity index is 1.49. The Kier molecular flexibility index (Phi) is 4.44. The van der Waals surface area contributed by atoms with Crippen LogP contribution in [0.2, 0.25) is 0 Å². The summed E-state index contributed by atoms with van der Waals surface area (Å²) in [6.07, 6.45) is 9.58. The molecule has 0 amide bonds. The number of aryl methyl sites for hydroxylation is 1. The molecule has 148 valence electrons. The van der Waals surface area contributed by atoms with Gasteiger partial charge in [-0.3, -0.25) is 4.98 Å². The minimum Gasteiger partial charge on any atom is -0.495 e. The van der Waals surface area contributed by atoms with Gasteiger partial charge >= 0.3 is 0 Å². The van der Waals surface area contributed by atoms with E-state index < -0.39 is 0 Å². The zero-order chi connectivity index (χ0) is 20.5. The fourth-order valence-corrected chi connectivity index (χ4v) is 3.43. The minimum absolute atomic E-state index is 0.566. The summed E-state index contributed by atoms with van der Waals surface area (Å²) < 4.78 is 9.33. The Morgan fingerprint density at radius 2 is 1.87 bits per heavy atom. The van der Waals surface area contributed by atoms with Crippen molar-refractivity contribution in [2.24, 2.45) is 0 Å². The van der Waals surface area contributed by atoms with E-state index in [0.717, 1.165) is 34.0 Å². The Labute approximate surface area is 172 Å². The lowest BCUT2D eigenvalue weighted by atomic mass is 10.1. The summed E-state index contributed by atoms with van der Waals surface area (Å²) in [6.45, 7) is 1.96. The third kappa shape index (κ3) is 3.28. The highest BCUT2D eigenvalue weighted by Crippen LogP contribution is 2.26. The van der Waals surface area contributed by atoms with Crippen LogP contribution in [-0.4, -0.2) is 41.2 Å². The fourth-order valence-electron chi connectivity index (χ4n) is 3.43. The van der Waals surface area contributed by atoms with Crippen molar-refractivity contribution in [1.82, 2.24) is 34.1 Å². The molecule has 0 unspecified atom stereocenters. The maximum atomic E-state index is 5.61. The topological polar surface area (TPSA) is 83.0 Å². The molecule has 0 fully saturated rings. The monoisotopic (exact) mass is 397 g/mol. The molecular weight excluding hydrogens is 378 g/mol. The number of imidazole rings is 1. The molecule has 0 radical (unpaired) electrons. The normalized spacial score (nSPS) is 11.1. The van der Waals surface area contributed by atoms with Crippen LogP contribution in [0.15, 0.2) is 67.5 Å². The molecule has 30 heavy (non-hydrogen) atoms. The van der Waals surface area contributed by atoms with Gasteiger partial charge in [0.2, 0.25) is 0 Å². The van der Waals surface area contributed by atoms with Crippen molar-refractivity contribution in [3.8, 4) is 22.7 Å². The molecule has 8 nitrogen and oxygen atoms in total. The first-order valence-corrected chi connectivity index (χ1v) is 9.50. The van der Waals surface area contributed by atoms with Crippen LogP contribution in [0.1, 0.15) is 17.1 Å². The highest BCUT2D eigenvalue weighted by Gasteiger charge is 2.12. The van der Waals surface area contributed by atoms with E-state index in [4.69, 9.17) is 9.84 Å². The molecule has 4 heterocycles. The molecule has 0 saturated carbocycles. The second-order valence-electron chi connectivity index (χ2n) is 6.91. The van der Waals surface area contributed by atoms with Gasteiger partial charge in [-0.1, -0.05) is 6.07 Å². The summed E-state index contributed by atoms with van der Waals surface area (Å²) in [5.41, 5.74) is 4.87. The summed E-state index contributed by atoms with van der Waals surface area (Å²) in [7, 11) is 1.67. The van der Waals surface area contributed by atoms with Gasteiger partial charge in [0.1, 0.15) is 5.75 Å². The fraction of sp³-hybridized carbons (Fsp3) is 0.136. The van der Waals surface area contributed by atoms with Crippen molar-refractivity contribution in [3.05, 3.63) is 84.6 Å². The summed E-state index contributed by atoms with van der Waals surface area (Å²) in [5, 5.41) is 4.69. The molecule has 4 aromatic heterocycles. The molecule has 0 spiro atoms. The van der Waals surface area contributed by atoms with E-state index in [1.165, 1.54) is 0 Å². The molecule has 0 N–H and O–H groups in total. The lowest BCUT2D eigenvalue weighted by Crippen LogP contribution is -1.99. The van der Waals surface area contributed by atoms with Gasteiger partial charge in [0, 0.05) is 36.8 Å². The third-order valence-electron chi connectivity index (χ3n) is 4.86. The first-order chi connectivity index (χ1) is 14.7. The van der Waals surface area contributed by atoms with Gasteiger partial charge < -0.3 is 9.30 Å². The van der Waals surface area contributed by atoms with Crippen LogP contribution in [0.25, 0.3) is 22.7 Å². The quantitative estimate of drug-likeness (QED) is 0.453. The van der Waals surface area contributed by atoms with E-state index in [1.54, 1.807) is 36.5 Å². The lowest BCUT2D eigenvalue weighted by Gasteiger charge is -2.10. The molecule has 5 rings (SSSR count). The van der Waals surface area contributed by atoms with Gasteiger partial charge in [-0.2, -0.15) is 9.50 Å². The summed E-state index contributed by atoms with van der Waals surface area (Å²) >= 11 is 0. The summed E-state index contributed by atoms with van der Waals surface area (Å²) in [6, 6.07) is 11.9. The Morgan fingerprint density at radius 1 is 1.00 bits per heavy atom. The predicted octanol–water partition coefficient (Wildman–Crippen LogP) is 3.28. The van der Waals surface area contributed by atoms with E-state index in [9.17, 15) is 0 Å². The molecule has 0 aliphatic rings. The number of fused-ring (bicyclic) bond motifs is 1. The van der Waals surface area contributed by atoms with E-state index in [2.05, 4.69) is 26.0 Å². The zero-order valence-corrected chi connectivity index (χ0v) is 16.6. The highest BCUT2D eigenvalue weighted by atomic mass is 16.5. The molecule has 5 aromatic rings. The highest BCUT2D eigenvalue weighted by molar-refractivity contribution is 5.60. The number of hydrogen-bond donors (Lipinski definition) is 0. The molecule has 0 saturated heterocycles. The SMILES string of the molecule is COc1cc(Cc2nc3nccc(-c4ccncc4)n3n2)ccc1-n1cnc(C)c1. The molecule has 1 aromatic carbocycles. The van der Waals surface area contributed by atoms with Gasteiger partial charge in [-0.05, 0) is 42.8 Å². The van der Waals surface area contributed by atoms with Crippen LogP contribution in [0.3, 0.4) is 0 Å². The Bertz CT molecular complexity index is 1320. The van der Waals surface area contributed by atoms with E-state index in [1.807, 2.05) is 48.0 Å². The second-order valence-corrected chi connectivity index (χ2v) is 6.91. The average molecular weight is 397 g/mol. The van der Waals surface area contributed by atoms with E-state index in [0.29, 0.717) is 18.0 Å². The second kappa shape index (κ2) is 7.40. The van der Waals surface area contributed by atoms with E-state index >= 15 is 0 Å². The molecule has 0 atom stereocenters. The third-order valence-corrected chi connectivity index (χ3v) is 4.86. The number of ether oxygens (including phenoxy) is 1. The Morgan fingerprint density at radius 3 is 2.63 bits per heavy atom. The van der Waals surface area contributed by atoms with Gasteiger partial charge in [-0.25, -0.2) is 9.97 Å². The number of pyridine rings is 1. The maximum Gasteiger partial charge on any atom is 0.252 e. The maximum absolute atomic E-state index is 5.61. The van der Waals surface area contributed by atoms with Crippen molar-refractivity contribution in [3.63, 3.8) is 0 Å². The van der Waals surface area contributed by atoms with Crippen LogP contribution in [-0.2, 0) is 6.42 Å². The first-order valence-electron chi connectivity index (χ1n) is 9.50. The standard InChI is InChI=1S/C22H19N7O/c1-15-13-28(14-25-15)19-4-3-16(11-20(19)30-2)12-21-26-22-24-10-7-18(29(22)27-21)17-5-8-23-9-6-17/h3-11,13-14H,12H2,1-2H3. The summed E-state index contributed by atoms with van der Waals surface area (Å²) in [4.78, 5) is 17.3. The van der Waals surface area contributed by atoms with Gasteiger partial charge in [0.05, 0.1) is 30.5 Å². The molecule has 0 aliphatic heterocycles. The van der Waals surface area contributed by atoms with Gasteiger partial charge in [0.15, 0.2) is 5.82 Å². The molecule has 0 aliphatic carbocycles. The van der Waals surface area contributed by atoms with Crippen LogP contribution in [0, 0.1) is 6.92 Å². The molecule has 0 bridgehead atoms. The van der Waals surface area contributed by atoms with Crippen LogP contribution >= 0.6 is 0 Å². The largest absolute Gasteiger partial charge is 0.495 e. The lowest BCUT2D eigenvalue weighted by molar-refractivity contribution is 0.412. The number of aromatic nitrogens is 7. The average Bonchev–Trinajstić information content (AvgIpc) is 3.39. The van der Waals surface area contributed by atoms with Crippen LogP contribution in [0.4, 0.5) is 0 Å². The van der Waals surface area contributed by atoms with Gasteiger partial charge in [0.25, 0.3) is 5.78 Å². The number of hydrogen-bond acceptors (Lipinski definition) is 6. The molecular formula is C22H19N7O.